The van der Waals surface area contributed by atoms with Gasteiger partial charge in [-0.05, 0) is 131 Å². The van der Waals surface area contributed by atoms with Crippen LogP contribution in [0.2, 0.25) is 0 Å². The van der Waals surface area contributed by atoms with Crippen LogP contribution in [0.5, 0.6) is 28.7 Å². The van der Waals surface area contributed by atoms with Gasteiger partial charge in [0.2, 0.25) is 5.91 Å². The standard InChI is InChI=1S/C32H33NO4.C26H27NO2.ClH/c1-24-19-25(13-15-29(24)36-22-26-9-5-3-6-10-26)17-18-33-32(34)21-28-14-16-30(31(20-28)35-2)37-23-27-11-7-4-8-12-27;1-18-13-22-11-12-27-24(23(22)14-19(18)2)15-21-9-10-25(26(16-21)28-3)29-17-20-7-5-4-6-8-20;/h3-16,19-20H,17-18,21-23H2,1-2H3,(H,33,34);4-10,13-14,16H,11-12,15,17H2,1-3H3;1H. The normalized spacial score (nSPS) is 11.4. The summed E-state index contributed by atoms with van der Waals surface area (Å²) in [4.78, 5) is 17.4. The van der Waals surface area contributed by atoms with Gasteiger partial charge in [-0.2, -0.15) is 0 Å². The molecule has 1 aliphatic heterocycles. The number of aryl methyl sites for hydroxylation is 3. The zero-order valence-electron chi connectivity index (χ0n) is 39.2. The van der Waals surface area contributed by atoms with Crippen molar-refractivity contribution in [3.05, 3.63) is 219 Å². The number of benzene rings is 7. The fraction of sp³-hybridized carbons (Fsp3) is 0.241. The molecular formula is C58H61ClN2O6. The van der Waals surface area contributed by atoms with Crippen molar-refractivity contribution in [1.82, 2.24) is 5.32 Å². The zero-order valence-corrected chi connectivity index (χ0v) is 40.0. The average molecular weight is 918 g/mol. The van der Waals surface area contributed by atoms with Crippen LogP contribution >= 0.6 is 12.4 Å². The molecule has 0 aromatic heterocycles. The van der Waals surface area contributed by atoms with Crippen LogP contribution in [-0.4, -0.2) is 38.9 Å². The van der Waals surface area contributed by atoms with Gasteiger partial charge in [0.05, 0.1) is 20.6 Å². The lowest BCUT2D eigenvalue weighted by Crippen LogP contribution is -2.27. The summed E-state index contributed by atoms with van der Waals surface area (Å²) in [6.45, 7) is 9.35. The van der Waals surface area contributed by atoms with Crippen molar-refractivity contribution in [1.29, 1.82) is 0 Å². The van der Waals surface area contributed by atoms with Gasteiger partial charge in [-0.15, -0.1) is 12.4 Å². The van der Waals surface area contributed by atoms with Gasteiger partial charge in [0.15, 0.2) is 23.0 Å². The highest BCUT2D eigenvalue weighted by Gasteiger charge is 2.17. The maximum atomic E-state index is 12.5. The molecule has 0 fully saturated rings. The predicted octanol–water partition coefficient (Wildman–Crippen LogP) is 12.0. The molecule has 0 atom stereocenters. The summed E-state index contributed by atoms with van der Waals surface area (Å²) in [7, 11) is 3.29. The molecule has 67 heavy (non-hydrogen) atoms. The van der Waals surface area contributed by atoms with Gasteiger partial charge in [-0.3, -0.25) is 9.79 Å². The predicted molar refractivity (Wildman–Crippen MR) is 272 cm³/mol. The number of nitrogens with one attached hydrogen (secondary N) is 1. The van der Waals surface area contributed by atoms with E-state index in [-0.39, 0.29) is 24.7 Å². The maximum absolute atomic E-state index is 12.5. The molecule has 9 heteroatoms. The third-order valence-electron chi connectivity index (χ3n) is 11.6. The zero-order chi connectivity index (χ0) is 46.1. The molecule has 0 saturated carbocycles. The number of carbonyl (C=O) groups excluding carboxylic acids is 1. The molecule has 0 saturated heterocycles. The Morgan fingerprint density at radius 3 is 1.57 bits per heavy atom. The topological polar surface area (TPSA) is 87.6 Å². The molecule has 0 aliphatic carbocycles. The monoisotopic (exact) mass is 916 g/mol. The number of methoxy groups -OCH3 is 2. The second-order valence-corrected chi connectivity index (χ2v) is 16.5. The fourth-order valence-corrected chi connectivity index (χ4v) is 7.80. The van der Waals surface area contributed by atoms with E-state index >= 15 is 0 Å². The lowest BCUT2D eigenvalue weighted by Gasteiger charge is -2.19. The number of nitrogens with zero attached hydrogens (tertiary/aromatic N) is 1. The van der Waals surface area contributed by atoms with E-state index in [2.05, 4.69) is 79.8 Å². The van der Waals surface area contributed by atoms with E-state index < -0.39 is 0 Å². The van der Waals surface area contributed by atoms with E-state index in [4.69, 9.17) is 28.7 Å². The van der Waals surface area contributed by atoms with Crippen LogP contribution in [0, 0.1) is 20.8 Å². The van der Waals surface area contributed by atoms with Crippen molar-refractivity contribution in [2.45, 2.75) is 66.3 Å². The Morgan fingerprint density at radius 1 is 0.522 bits per heavy atom. The van der Waals surface area contributed by atoms with E-state index in [1.165, 1.54) is 27.8 Å². The third-order valence-corrected chi connectivity index (χ3v) is 11.6. The van der Waals surface area contributed by atoms with Crippen LogP contribution in [0.1, 0.15) is 61.2 Å². The Morgan fingerprint density at radius 2 is 1.01 bits per heavy atom. The van der Waals surface area contributed by atoms with Gasteiger partial charge in [0.1, 0.15) is 25.6 Å². The molecule has 1 amide bonds. The highest BCUT2D eigenvalue weighted by atomic mass is 35.5. The summed E-state index contributed by atoms with van der Waals surface area (Å²) in [5.74, 6) is 3.64. The highest BCUT2D eigenvalue weighted by Crippen LogP contribution is 2.31. The van der Waals surface area contributed by atoms with Gasteiger partial charge in [-0.25, -0.2) is 0 Å². The first-order chi connectivity index (χ1) is 32.2. The molecule has 7 aromatic rings. The van der Waals surface area contributed by atoms with E-state index in [1.807, 2.05) is 104 Å². The Hall–Kier alpha value is -7.03. The van der Waals surface area contributed by atoms with Crippen molar-refractivity contribution in [3.63, 3.8) is 0 Å². The molecule has 1 N–H and O–H groups in total. The van der Waals surface area contributed by atoms with E-state index in [0.29, 0.717) is 37.9 Å². The summed E-state index contributed by atoms with van der Waals surface area (Å²) < 4.78 is 29.0. The van der Waals surface area contributed by atoms with Crippen molar-refractivity contribution in [2.24, 2.45) is 4.99 Å². The lowest BCUT2D eigenvalue weighted by atomic mass is 9.90. The number of aliphatic imine (C=N–C) groups is 1. The van der Waals surface area contributed by atoms with Crippen LogP contribution in [0.15, 0.2) is 163 Å². The second kappa shape index (κ2) is 25.0. The first kappa shape index (κ1) is 49.4. The number of hydrogen-bond donors (Lipinski definition) is 1. The smallest absolute Gasteiger partial charge is 0.224 e. The fourth-order valence-electron chi connectivity index (χ4n) is 7.80. The molecule has 1 aliphatic rings. The minimum Gasteiger partial charge on any atom is -0.493 e. The minimum atomic E-state index is -0.0282. The largest absolute Gasteiger partial charge is 0.493 e. The highest BCUT2D eigenvalue weighted by molar-refractivity contribution is 6.04. The van der Waals surface area contributed by atoms with Gasteiger partial charge in [0, 0.05) is 25.2 Å². The number of fused-ring (bicyclic) bond motifs is 1. The SMILES string of the molecule is COc1cc(CC(=O)NCCc2ccc(OCc3ccccc3)c(C)c2)ccc1OCc1ccccc1.COc1cc(CC2=NCCc3cc(C)c(C)cc32)ccc1OCc1ccccc1.Cl. The van der Waals surface area contributed by atoms with Crippen LogP contribution in [-0.2, 0) is 50.3 Å². The van der Waals surface area contributed by atoms with Gasteiger partial charge in [-0.1, -0.05) is 121 Å². The van der Waals surface area contributed by atoms with Gasteiger partial charge in [0.25, 0.3) is 0 Å². The number of carbonyl (C=O) groups is 1. The Kier molecular flexibility index (Phi) is 18.5. The van der Waals surface area contributed by atoms with E-state index in [0.717, 1.165) is 82.1 Å². The van der Waals surface area contributed by atoms with Crippen molar-refractivity contribution >= 4 is 24.0 Å². The number of halogens is 1. The molecule has 0 unspecified atom stereocenters. The molecule has 1 heterocycles. The Balaban J connectivity index is 0.000000224. The summed E-state index contributed by atoms with van der Waals surface area (Å²) >= 11 is 0. The summed E-state index contributed by atoms with van der Waals surface area (Å²) in [5, 5.41) is 3.02. The maximum Gasteiger partial charge on any atom is 0.224 e. The van der Waals surface area contributed by atoms with Crippen molar-refractivity contribution < 1.29 is 28.5 Å². The molecular weight excluding hydrogens is 856 g/mol. The summed E-state index contributed by atoms with van der Waals surface area (Å²) in [6, 6.07) is 52.8. The molecule has 0 bridgehead atoms. The van der Waals surface area contributed by atoms with Crippen molar-refractivity contribution in [2.75, 3.05) is 27.3 Å². The molecule has 346 valence electrons. The number of rotatable bonds is 18. The van der Waals surface area contributed by atoms with E-state index in [1.54, 1.807) is 14.2 Å². The quantitative estimate of drug-likeness (QED) is 0.0923. The molecule has 8 rings (SSSR count). The Bertz CT molecular complexity index is 2710. The lowest BCUT2D eigenvalue weighted by molar-refractivity contribution is -0.120. The summed E-state index contributed by atoms with van der Waals surface area (Å²) in [5.41, 5.74) is 14.2. The van der Waals surface area contributed by atoms with Crippen LogP contribution in [0.4, 0.5) is 0 Å². The average Bonchev–Trinajstić information content (AvgIpc) is 3.34. The number of amides is 1. The van der Waals surface area contributed by atoms with Crippen LogP contribution in [0.3, 0.4) is 0 Å². The molecule has 7 aromatic carbocycles. The van der Waals surface area contributed by atoms with Crippen LogP contribution < -0.4 is 29.0 Å². The first-order valence-corrected chi connectivity index (χ1v) is 22.6. The van der Waals surface area contributed by atoms with Crippen molar-refractivity contribution in [3.8, 4) is 28.7 Å². The molecule has 0 spiro atoms. The minimum absolute atomic E-state index is 0. The van der Waals surface area contributed by atoms with Crippen LogP contribution in [0.25, 0.3) is 0 Å². The molecule has 8 nitrogen and oxygen atoms in total. The first-order valence-electron chi connectivity index (χ1n) is 22.6. The van der Waals surface area contributed by atoms with Gasteiger partial charge < -0.3 is 29.0 Å². The second-order valence-electron chi connectivity index (χ2n) is 16.5. The van der Waals surface area contributed by atoms with Gasteiger partial charge >= 0.3 is 0 Å². The third kappa shape index (κ3) is 14.5. The number of hydrogen-bond acceptors (Lipinski definition) is 7. The number of ether oxygens (including phenoxy) is 5. The summed E-state index contributed by atoms with van der Waals surface area (Å²) in [6.07, 6.45) is 2.85. The van der Waals surface area contributed by atoms with E-state index in [9.17, 15) is 4.79 Å². The molecule has 0 radical (unpaired) electrons. The Labute approximate surface area is 402 Å².